The average Bonchev–Trinajstić information content (AvgIpc) is 2.98. The molecule has 0 bridgehead atoms. The van der Waals surface area contributed by atoms with Crippen molar-refractivity contribution in [3.63, 3.8) is 0 Å². The van der Waals surface area contributed by atoms with E-state index < -0.39 is 23.9 Å². The van der Waals surface area contributed by atoms with E-state index in [2.05, 4.69) is 41.9 Å². The molecule has 3 rings (SSSR count). The van der Waals surface area contributed by atoms with Gasteiger partial charge in [0, 0.05) is 24.0 Å². The Bertz CT molecular complexity index is 1530. The van der Waals surface area contributed by atoms with Crippen molar-refractivity contribution in [3.05, 3.63) is 115 Å². The number of carbonyl (C=O) groups is 4. The molecule has 0 aliphatic rings. The van der Waals surface area contributed by atoms with Gasteiger partial charge in [0.15, 0.2) is 0 Å². The Balaban J connectivity index is 1.49. The third kappa shape index (κ3) is 9.11. The Kier molecular flexibility index (Phi) is 10.4. The molecule has 9 nitrogen and oxygen atoms in total. The van der Waals surface area contributed by atoms with Gasteiger partial charge in [-0.2, -0.15) is 0 Å². The molecule has 0 aliphatic heterocycles. The highest BCUT2D eigenvalue weighted by molar-refractivity contribution is 5.92. The summed E-state index contributed by atoms with van der Waals surface area (Å²) >= 11 is 0. The Morgan fingerprint density at radius 2 is 1.10 bits per heavy atom. The fraction of sp³-hybridized carbons (Fsp3) is 0.0323. The molecule has 3 aromatic carbocycles. The average molecular weight is 536 g/mol. The van der Waals surface area contributed by atoms with Crippen LogP contribution in [0.2, 0.25) is 0 Å². The van der Waals surface area contributed by atoms with Gasteiger partial charge in [0.05, 0.1) is 11.1 Å². The first-order chi connectivity index (χ1) is 19.4. The van der Waals surface area contributed by atoms with Crippen LogP contribution in [0, 0.1) is 24.1 Å². The highest BCUT2D eigenvalue weighted by atomic mass is 16.5. The summed E-state index contributed by atoms with van der Waals surface area (Å²) in [6.45, 7) is 6.61. The zero-order chi connectivity index (χ0) is 28.7. The predicted octanol–water partition coefficient (Wildman–Crippen LogP) is 4.38. The minimum atomic E-state index is -0.692. The number of carbonyl (C=O) groups excluding carboxylic acids is 4. The molecule has 0 aliphatic carbocycles. The molecule has 198 valence electrons. The van der Waals surface area contributed by atoms with Gasteiger partial charge in [0.25, 0.3) is 0 Å². The lowest BCUT2D eigenvalue weighted by molar-refractivity contribution is -0.139. The summed E-state index contributed by atoms with van der Waals surface area (Å²) in [7, 11) is 0. The second-order valence-corrected chi connectivity index (χ2v) is 7.46. The first-order valence-corrected chi connectivity index (χ1v) is 11.4. The fourth-order valence-electron chi connectivity index (χ4n) is 2.77. The van der Waals surface area contributed by atoms with Gasteiger partial charge in [0.2, 0.25) is 0 Å². The van der Waals surface area contributed by atoms with Crippen LogP contribution in [0.4, 0.5) is 0 Å². The van der Waals surface area contributed by atoms with Crippen LogP contribution in [0.3, 0.4) is 0 Å². The van der Waals surface area contributed by atoms with E-state index in [0.717, 1.165) is 12.2 Å². The van der Waals surface area contributed by atoms with E-state index >= 15 is 0 Å². The van der Waals surface area contributed by atoms with E-state index in [4.69, 9.17) is 18.9 Å². The van der Waals surface area contributed by atoms with Gasteiger partial charge in [-0.15, -0.1) is 0 Å². The molecule has 9 heteroatoms. The van der Waals surface area contributed by atoms with E-state index in [1.807, 2.05) is 0 Å². The first kappa shape index (κ1) is 28.5. The van der Waals surface area contributed by atoms with Gasteiger partial charge in [0.1, 0.15) is 36.1 Å². The highest BCUT2D eigenvalue weighted by Crippen LogP contribution is 2.21. The zero-order valence-corrected chi connectivity index (χ0v) is 20.9. The smallest absolute Gasteiger partial charge is 0.344 e. The van der Waals surface area contributed by atoms with Crippen molar-refractivity contribution in [1.29, 1.82) is 0 Å². The van der Waals surface area contributed by atoms with E-state index in [1.165, 1.54) is 48.5 Å². The number of esters is 4. The molecule has 0 amide bonds. The third-order valence-corrected chi connectivity index (χ3v) is 4.72. The molecule has 40 heavy (non-hydrogen) atoms. The first-order valence-electron chi connectivity index (χ1n) is 11.4. The molecular formula is C31H20O9. The summed E-state index contributed by atoms with van der Waals surface area (Å²) < 4.78 is 25.2. The van der Waals surface area contributed by atoms with Crippen LogP contribution < -0.4 is 14.2 Å². The highest BCUT2D eigenvalue weighted by Gasteiger charge is 2.12. The lowest BCUT2D eigenvalue weighted by Crippen LogP contribution is -2.10. The summed E-state index contributed by atoms with van der Waals surface area (Å²) in [6.07, 6.45) is 6.42. The Hall–Kier alpha value is -6.06. The van der Waals surface area contributed by atoms with Gasteiger partial charge in [-0.25, -0.2) is 19.2 Å². The summed E-state index contributed by atoms with van der Waals surface area (Å²) in [5.74, 6) is 3.01. The van der Waals surface area contributed by atoms with E-state index in [1.54, 1.807) is 24.3 Å². The van der Waals surface area contributed by atoms with Crippen molar-refractivity contribution in [1.82, 2.24) is 0 Å². The van der Waals surface area contributed by atoms with Gasteiger partial charge < -0.3 is 23.7 Å². The van der Waals surface area contributed by atoms with E-state index in [-0.39, 0.29) is 23.7 Å². The summed E-state index contributed by atoms with van der Waals surface area (Å²) in [6, 6.07) is 18.3. The van der Waals surface area contributed by atoms with Gasteiger partial charge >= 0.3 is 23.9 Å². The molecule has 3 aromatic rings. The second-order valence-electron chi connectivity index (χ2n) is 7.46. The van der Waals surface area contributed by atoms with Crippen LogP contribution in [0.15, 0.2) is 98.1 Å². The van der Waals surface area contributed by atoms with Crippen LogP contribution in [0.1, 0.15) is 26.3 Å². The van der Waals surface area contributed by atoms with Crippen molar-refractivity contribution < 1.29 is 42.9 Å². The standard InChI is InChI=1S/C31H20O9/c1-3-28(32)37-20-6-5-19-36-25-13-11-24(12-14-25)31(35)40-27-17-15-26(16-18-27)39-30(34)23-9-7-22(8-10-23)21-38-29(33)4-2/h3-4,7-18H,1-2,21H2. The normalized spacial score (nSPS) is 9.30. The van der Waals surface area contributed by atoms with Crippen molar-refractivity contribution in [2.24, 2.45) is 0 Å². The molecule has 0 saturated carbocycles. The Morgan fingerprint density at radius 1 is 0.625 bits per heavy atom. The molecule has 0 N–H and O–H groups in total. The van der Waals surface area contributed by atoms with Gasteiger partial charge in [-0.3, -0.25) is 0 Å². The molecule has 0 saturated heterocycles. The SMILES string of the molecule is C=CC(=O)OC#CC#COc1ccc(C(=O)Oc2ccc(OC(=O)c3ccc(COC(=O)C=C)cc3)cc2)cc1. The number of rotatable bonds is 9. The lowest BCUT2D eigenvalue weighted by Gasteiger charge is -2.08. The molecule has 0 unspecified atom stereocenters. The molecule has 0 radical (unpaired) electrons. The maximum Gasteiger partial charge on any atom is 0.344 e. The van der Waals surface area contributed by atoms with Crippen LogP contribution in [0.5, 0.6) is 17.2 Å². The summed E-state index contributed by atoms with van der Waals surface area (Å²) in [5.41, 5.74) is 1.26. The van der Waals surface area contributed by atoms with Gasteiger partial charge in [-0.05, 0) is 66.2 Å². The van der Waals surface area contributed by atoms with Crippen LogP contribution in [-0.4, -0.2) is 23.9 Å². The molecule has 0 fully saturated rings. The number of benzene rings is 3. The van der Waals surface area contributed by atoms with Crippen LogP contribution in [0.25, 0.3) is 0 Å². The van der Waals surface area contributed by atoms with Crippen LogP contribution >= 0.6 is 0 Å². The molecule has 0 aromatic heterocycles. The topological polar surface area (TPSA) is 114 Å². The molecule has 0 spiro atoms. The van der Waals surface area contributed by atoms with Crippen molar-refractivity contribution in [2.45, 2.75) is 6.61 Å². The minimum Gasteiger partial charge on any atom is -0.458 e. The zero-order valence-electron chi connectivity index (χ0n) is 20.9. The Labute approximate surface area is 229 Å². The van der Waals surface area contributed by atoms with Crippen molar-refractivity contribution >= 4 is 23.9 Å². The Morgan fingerprint density at radius 3 is 1.62 bits per heavy atom. The monoisotopic (exact) mass is 536 g/mol. The molecule has 0 heterocycles. The second kappa shape index (κ2) is 14.6. The predicted molar refractivity (Wildman–Crippen MR) is 142 cm³/mol. The lowest BCUT2D eigenvalue weighted by atomic mass is 10.1. The van der Waals surface area contributed by atoms with Crippen LogP contribution in [-0.2, 0) is 25.7 Å². The van der Waals surface area contributed by atoms with Crippen molar-refractivity contribution in [3.8, 4) is 41.3 Å². The van der Waals surface area contributed by atoms with Crippen molar-refractivity contribution in [2.75, 3.05) is 0 Å². The minimum absolute atomic E-state index is 0.0561. The number of ether oxygens (including phenoxy) is 5. The summed E-state index contributed by atoms with van der Waals surface area (Å²) in [4.78, 5) is 46.8. The van der Waals surface area contributed by atoms with E-state index in [0.29, 0.717) is 16.9 Å². The maximum absolute atomic E-state index is 12.4. The number of hydrogen-bond donors (Lipinski definition) is 0. The molecule has 0 atom stereocenters. The largest absolute Gasteiger partial charge is 0.458 e. The van der Waals surface area contributed by atoms with E-state index in [9.17, 15) is 19.2 Å². The third-order valence-electron chi connectivity index (χ3n) is 4.72. The molecular weight excluding hydrogens is 516 g/mol. The quantitative estimate of drug-likeness (QED) is 0.170. The summed E-state index contributed by atoms with van der Waals surface area (Å²) in [5, 5.41) is 0. The maximum atomic E-state index is 12.4. The fourth-order valence-corrected chi connectivity index (χ4v) is 2.77. The number of hydrogen-bond acceptors (Lipinski definition) is 9. The van der Waals surface area contributed by atoms with Gasteiger partial charge in [-0.1, -0.05) is 25.3 Å².